The lowest BCUT2D eigenvalue weighted by molar-refractivity contribution is 0.101. The van der Waals surface area contributed by atoms with Crippen LogP contribution in [0.5, 0.6) is 0 Å². The van der Waals surface area contributed by atoms with Gasteiger partial charge in [-0.3, -0.25) is 9.79 Å². The topological polar surface area (TPSA) is 150 Å². The fourth-order valence-corrected chi connectivity index (χ4v) is 2.97. The van der Waals surface area contributed by atoms with Gasteiger partial charge in [0.15, 0.2) is 5.78 Å². The standard InChI is InChI=1S/C18H19N3O5/c1-10(26)17-15(4-19)21-16(5-20-9-25)18(17)12-3-2-11(6-22)13(7-23)14(12)8-24/h2-3,5,21-25H,6-9H2,1H3. The summed E-state index contributed by atoms with van der Waals surface area (Å²) >= 11 is 0. The number of aliphatic hydroxyl groups excluding tert-OH is 4. The number of rotatable bonds is 7. The third-order valence-corrected chi connectivity index (χ3v) is 4.08. The fraction of sp³-hybridized carbons (Fsp3) is 0.278. The first-order chi connectivity index (χ1) is 12.5. The number of aliphatic imine (C=N–C) groups is 1. The summed E-state index contributed by atoms with van der Waals surface area (Å²) in [6.45, 7) is -0.342. The minimum atomic E-state index is -0.478. The van der Waals surface area contributed by atoms with Gasteiger partial charge in [0.2, 0.25) is 0 Å². The van der Waals surface area contributed by atoms with E-state index < -0.39 is 19.9 Å². The predicted octanol–water partition coefficient (Wildman–Crippen LogP) is 0.602. The van der Waals surface area contributed by atoms with Gasteiger partial charge in [0.25, 0.3) is 0 Å². The molecule has 26 heavy (non-hydrogen) atoms. The second kappa shape index (κ2) is 8.51. The molecule has 0 amide bonds. The average molecular weight is 357 g/mol. The number of hydrogen-bond donors (Lipinski definition) is 5. The van der Waals surface area contributed by atoms with Gasteiger partial charge in [-0.05, 0) is 29.2 Å². The number of nitrogens with zero attached hydrogens (tertiary/aromatic N) is 2. The lowest BCUT2D eigenvalue weighted by atomic mass is 9.89. The number of nitrogens with one attached hydrogen (secondary N) is 1. The van der Waals surface area contributed by atoms with Gasteiger partial charge >= 0.3 is 0 Å². The van der Waals surface area contributed by atoms with Crippen LogP contribution in [0.4, 0.5) is 0 Å². The molecule has 0 fully saturated rings. The van der Waals surface area contributed by atoms with E-state index in [2.05, 4.69) is 9.98 Å². The number of aliphatic hydroxyl groups is 4. The summed E-state index contributed by atoms with van der Waals surface area (Å²) in [5, 5.41) is 47.2. The van der Waals surface area contributed by atoms with Gasteiger partial charge < -0.3 is 25.4 Å². The minimum Gasteiger partial charge on any atom is -0.392 e. The van der Waals surface area contributed by atoms with Crippen LogP contribution in [0.3, 0.4) is 0 Å². The molecule has 0 aliphatic rings. The first-order valence-electron chi connectivity index (χ1n) is 7.78. The Hall–Kier alpha value is -2.83. The zero-order valence-electron chi connectivity index (χ0n) is 14.2. The fourth-order valence-electron chi connectivity index (χ4n) is 2.97. The van der Waals surface area contributed by atoms with Gasteiger partial charge in [-0.15, -0.1) is 0 Å². The molecule has 1 aromatic heterocycles. The Morgan fingerprint density at radius 3 is 2.38 bits per heavy atom. The summed E-state index contributed by atoms with van der Waals surface area (Å²) in [5.74, 6) is -0.364. The number of H-pyrrole nitrogens is 1. The maximum absolute atomic E-state index is 12.2. The molecular formula is C18H19N3O5. The second-order valence-corrected chi connectivity index (χ2v) is 5.49. The zero-order chi connectivity index (χ0) is 19.3. The smallest absolute Gasteiger partial charge is 0.163 e. The third-order valence-electron chi connectivity index (χ3n) is 4.08. The van der Waals surface area contributed by atoms with E-state index in [0.29, 0.717) is 33.5 Å². The highest BCUT2D eigenvalue weighted by Gasteiger charge is 2.24. The van der Waals surface area contributed by atoms with E-state index in [1.165, 1.54) is 13.1 Å². The van der Waals surface area contributed by atoms with Crippen molar-refractivity contribution in [1.29, 1.82) is 5.26 Å². The van der Waals surface area contributed by atoms with Crippen LogP contribution in [-0.2, 0) is 19.8 Å². The summed E-state index contributed by atoms with van der Waals surface area (Å²) in [6.07, 6.45) is 1.29. The van der Waals surface area contributed by atoms with Gasteiger partial charge in [0, 0.05) is 11.8 Å². The van der Waals surface area contributed by atoms with Crippen molar-refractivity contribution in [3.05, 3.63) is 45.8 Å². The summed E-state index contributed by atoms with van der Waals surface area (Å²) in [6, 6.07) is 5.10. The molecule has 2 aromatic rings. The minimum absolute atomic E-state index is 0.0348. The summed E-state index contributed by atoms with van der Waals surface area (Å²) in [5.41, 5.74) is 2.39. The molecule has 0 aliphatic carbocycles. The third kappa shape index (κ3) is 3.42. The monoisotopic (exact) mass is 357 g/mol. The summed E-state index contributed by atoms with van der Waals surface area (Å²) in [7, 11) is 0. The second-order valence-electron chi connectivity index (χ2n) is 5.49. The molecule has 136 valence electrons. The molecule has 0 spiro atoms. The Bertz CT molecular complexity index is 893. The lowest BCUT2D eigenvalue weighted by Crippen LogP contribution is -2.05. The van der Waals surface area contributed by atoms with E-state index in [9.17, 15) is 25.4 Å². The van der Waals surface area contributed by atoms with Gasteiger partial charge in [-0.25, -0.2) is 0 Å². The van der Waals surface area contributed by atoms with Crippen molar-refractivity contribution in [3.8, 4) is 17.2 Å². The molecule has 0 atom stereocenters. The Labute approximate surface area is 149 Å². The van der Waals surface area contributed by atoms with Crippen molar-refractivity contribution < 1.29 is 25.2 Å². The van der Waals surface area contributed by atoms with Gasteiger partial charge in [-0.1, -0.05) is 12.1 Å². The van der Waals surface area contributed by atoms with E-state index in [0.717, 1.165) is 0 Å². The highest BCUT2D eigenvalue weighted by atomic mass is 16.3. The van der Waals surface area contributed by atoms with Crippen molar-refractivity contribution in [3.63, 3.8) is 0 Å². The Morgan fingerprint density at radius 2 is 1.88 bits per heavy atom. The van der Waals surface area contributed by atoms with Gasteiger partial charge in [0.1, 0.15) is 18.5 Å². The van der Waals surface area contributed by atoms with E-state index in [4.69, 9.17) is 5.11 Å². The number of carbonyl (C=O) groups is 1. The van der Waals surface area contributed by atoms with E-state index >= 15 is 0 Å². The maximum Gasteiger partial charge on any atom is 0.163 e. The number of nitriles is 1. The Balaban J connectivity index is 2.91. The van der Waals surface area contributed by atoms with Crippen molar-refractivity contribution in [2.75, 3.05) is 6.73 Å². The molecule has 0 saturated carbocycles. The van der Waals surface area contributed by atoms with Crippen LogP contribution in [0.1, 0.15) is 45.4 Å². The van der Waals surface area contributed by atoms with Crippen LogP contribution in [0.2, 0.25) is 0 Å². The average Bonchev–Trinajstić information content (AvgIpc) is 3.03. The maximum atomic E-state index is 12.2. The van der Waals surface area contributed by atoms with Gasteiger partial charge in [-0.2, -0.15) is 5.26 Å². The molecule has 0 unspecified atom stereocenters. The SMILES string of the molecule is CC(=O)c1c(C#N)[nH]c(C=NCO)c1-c1ccc(CO)c(CO)c1CO. The van der Waals surface area contributed by atoms with Crippen molar-refractivity contribution in [2.45, 2.75) is 26.7 Å². The van der Waals surface area contributed by atoms with E-state index in [-0.39, 0.29) is 23.6 Å². The molecule has 5 N–H and O–H groups in total. The normalized spacial score (nSPS) is 11.1. The van der Waals surface area contributed by atoms with Crippen LogP contribution in [0, 0.1) is 11.3 Å². The lowest BCUT2D eigenvalue weighted by Gasteiger charge is -2.16. The molecule has 8 nitrogen and oxygen atoms in total. The Morgan fingerprint density at radius 1 is 1.19 bits per heavy atom. The first-order valence-corrected chi connectivity index (χ1v) is 7.78. The molecule has 0 radical (unpaired) electrons. The molecule has 1 heterocycles. The molecule has 0 bridgehead atoms. The number of benzene rings is 1. The van der Waals surface area contributed by atoms with Crippen LogP contribution in [-0.4, -0.2) is 44.1 Å². The molecular weight excluding hydrogens is 338 g/mol. The zero-order valence-corrected chi connectivity index (χ0v) is 14.2. The first kappa shape index (κ1) is 19.5. The quantitative estimate of drug-likeness (QED) is 0.362. The van der Waals surface area contributed by atoms with Crippen molar-refractivity contribution in [1.82, 2.24) is 4.98 Å². The highest BCUT2D eigenvalue weighted by molar-refractivity contribution is 6.07. The number of Topliss-reactive ketones (excluding diaryl/α,β-unsaturated/α-hetero) is 1. The summed E-state index contributed by atoms with van der Waals surface area (Å²) < 4.78 is 0. The number of aromatic amines is 1. The Kier molecular flexibility index (Phi) is 6.38. The van der Waals surface area contributed by atoms with Crippen LogP contribution >= 0.6 is 0 Å². The van der Waals surface area contributed by atoms with E-state index in [1.807, 2.05) is 6.07 Å². The number of ketones is 1. The molecule has 0 saturated heterocycles. The van der Waals surface area contributed by atoms with E-state index in [1.54, 1.807) is 12.1 Å². The highest BCUT2D eigenvalue weighted by Crippen LogP contribution is 2.35. The molecule has 0 aliphatic heterocycles. The predicted molar refractivity (Wildman–Crippen MR) is 93.4 cm³/mol. The molecule has 1 aromatic carbocycles. The van der Waals surface area contributed by atoms with Crippen LogP contribution in [0.25, 0.3) is 11.1 Å². The van der Waals surface area contributed by atoms with Crippen molar-refractivity contribution in [2.24, 2.45) is 4.99 Å². The van der Waals surface area contributed by atoms with Gasteiger partial charge in [0.05, 0.1) is 31.1 Å². The van der Waals surface area contributed by atoms with Crippen molar-refractivity contribution >= 4 is 12.0 Å². The van der Waals surface area contributed by atoms with Crippen LogP contribution in [0.15, 0.2) is 17.1 Å². The largest absolute Gasteiger partial charge is 0.392 e. The molecule has 8 heteroatoms. The number of aromatic nitrogens is 1. The molecule has 2 rings (SSSR count). The number of hydrogen-bond acceptors (Lipinski definition) is 7. The van der Waals surface area contributed by atoms with Crippen LogP contribution < -0.4 is 0 Å². The summed E-state index contributed by atoms with van der Waals surface area (Å²) in [4.78, 5) is 18.7. The number of carbonyl (C=O) groups excluding carboxylic acids is 1.